The molecule has 2 aliphatic rings. The van der Waals surface area contributed by atoms with Crippen molar-refractivity contribution in [2.75, 3.05) is 19.8 Å². The van der Waals surface area contributed by atoms with Crippen LogP contribution in [0.25, 0.3) is 0 Å². The summed E-state index contributed by atoms with van der Waals surface area (Å²) in [4.78, 5) is 24.0. The van der Waals surface area contributed by atoms with Gasteiger partial charge in [-0.25, -0.2) is 5.01 Å². The number of amides is 1. The topological polar surface area (TPSA) is 100 Å². The molecule has 2 atom stereocenters. The van der Waals surface area contributed by atoms with Gasteiger partial charge in [0.1, 0.15) is 6.23 Å². The molecule has 0 saturated heterocycles. The second kappa shape index (κ2) is 14.8. The first-order valence-corrected chi connectivity index (χ1v) is 14.3. The van der Waals surface area contributed by atoms with Crippen LogP contribution in [-0.2, 0) is 25.6 Å². The molecular weight excluding hydrogens is 494 g/mol. The SMILES string of the molecule is CCOC(=O)CCCCCNC(O)C(c1ccc(CN2N=C(c3ccccc3)OCC2=O)cc1)C1CCCC1. The van der Waals surface area contributed by atoms with Crippen molar-refractivity contribution in [2.24, 2.45) is 11.0 Å². The van der Waals surface area contributed by atoms with Gasteiger partial charge in [0.15, 0.2) is 6.61 Å². The number of hydrogen-bond donors (Lipinski definition) is 2. The van der Waals surface area contributed by atoms with Gasteiger partial charge in [0.05, 0.1) is 13.2 Å². The number of hydrogen-bond acceptors (Lipinski definition) is 7. The van der Waals surface area contributed by atoms with Crippen LogP contribution in [0.1, 0.15) is 80.9 Å². The number of aliphatic hydroxyl groups excluding tert-OH is 1. The fourth-order valence-corrected chi connectivity index (χ4v) is 5.47. The molecule has 1 aliphatic carbocycles. The predicted molar refractivity (Wildman–Crippen MR) is 150 cm³/mol. The lowest BCUT2D eigenvalue weighted by Gasteiger charge is -2.30. The van der Waals surface area contributed by atoms with E-state index in [4.69, 9.17) is 9.47 Å². The van der Waals surface area contributed by atoms with Gasteiger partial charge in [-0.05, 0) is 68.3 Å². The normalized spacial score (nSPS) is 17.4. The summed E-state index contributed by atoms with van der Waals surface area (Å²) in [5.74, 6) is 0.569. The summed E-state index contributed by atoms with van der Waals surface area (Å²) in [7, 11) is 0. The van der Waals surface area contributed by atoms with Crippen molar-refractivity contribution >= 4 is 17.8 Å². The number of aliphatic hydroxyl groups is 1. The Morgan fingerprint density at radius 1 is 1.10 bits per heavy atom. The molecule has 4 rings (SSSR count). The van der Waals surface area contributed by atoms with Crippen LogP contribution in [-0.4, -0.2) is 53.9 Å². The number of rotatable bonds is 14. The van der Waals surface area contributed by atoms with E-state index in [1.165, 1.54) is 17.9 Å². The molecule has 210 valence electrons. The molecule has 39 heavy (non-hydrogen) atoms. The second-order valence-corrected chi connectivity index (χ2v) is 10.3. The number of nitrogens with zero attached hydrogens (tertiary/aromatic N) is 2. The number of carbonyl (C=O) groups excluding carboxylic acids is 2. The van der Waals surface area contributed by atoms with E-state index in [9.17, 15) is 14.7 Å². The Morgan fingerprint density at radius 3 is 2.56 bits per heavy atom. The highest BCUT2D eigenvalue weighted by molar-refractivity contribution is 5.97. The molecule has 1 aliphatic heterocycles. The van der Waals surface area contributed by atoms with Crippen molar-refractivity contribution in [1.29, 1.82) is 0 Å². The van der Waals surface area contributed by atoms with Crippen LogP contribution in [0, 0.1) is 5.92 Å². The van der Waals surface area contributed by atoms with Gasteiger partial charge in [-0.1, -0.05) is 61.7 Å². The molecule has 8 heteroatoms. The first kappa shape index (κ1) is 28.8. The van der Waals surface area contributed by atoms with Crippen LogP contribution < -0.4 is 5.32 Å². The van der Waals surface area contributed by atoms with E-state index in [0.29, 0.717) is 37.9 Å². The third-order valence-corrected chi connectivity index (χ3v) is 7.51. The highest BCUT2D eigenvalue weighted by Crippen LogP contribution is 2.39. The zero-order valence-corrected chi connectivity index (χ0v) is 22.9. The summed E-state index contributed by atoms with van der Waals surface area (Å²) in [6, 6.07) is 17.8. The minimum atomic E-state index is -0.636. The summed E-state index contributed by atoms with van der Waals surface area (Å²) < 4.78 is 10.5. The van der Waals surface area contributed by atoms with Crippen molar-refractivity contribution in [3.8, 4) is 0 Å². The number of unbranched alkanes of at least 4 members (excludes halogenated alkanes) is 2. The number of carbonyl (C=O) groups is 2. The van der Waals surface area contributed by atoms with Gasteiger partial charge in [-0.2, -0.15) is 0 Å². The molecule has 0 spiro atoms. The van der Waals surface area contributed by atoms with Crippen LogP contribution in [0.5, 0.6) is 0 Å². The van der Waals surface area contributed by atoms with Crippen LogP contribution >= 0.6 is 0 Å². The Kier molecular flexibility index (Phi) is 10.9. The quantitative estimate of drug-likeness (QED) is 0.206. The van der Waals surface area contributed by atoms with Crippen LogP contribution in [0.4, 0.5) is 0 Å². The van der Waals surface area contributed by atoms with E-state index >= 15 is 0 Å². The molecule has 0 bridgehead atoms. The number of benzene rings is 2. The van der Waals surface area contributed by atoms with E-state index in [1.807, 2.05) is 49.4 Å². The molecule has 2 unspecified atom stereocenters. The van der Waals surface area contributed by atoms with E-state index in [1.54, 1.807) is 0 Å². The number of esters is 1. The summed E-state index contributed by atoms with van der Waals surface area (Å²) in [5, 5.41) is 20.4. The fraction of sp³-hybridized carbons (Fsp3) is 0.516. The zero-order valence-electron chi connectivity index (χ0n) is 22.9. The minimum absolute atomic E-state index is 0.00815. The van der Waals surface area contributed by atoms with Crippen molar-refractivity contribution in [2.45, 2.75) is 77.0 Å². The van der Waals surface area contributed by atoms with Gasteiger partial charge in [0.25, 0.3) is 5.91 Å². The molecule has 2 N–H and O–H groups in total. The van der Waals surface area contributed by atoms with E-state index < -0.39 is 6.23 Å². The monoisotopic (exact) mass is 535 g/mol. The summed E-state index contributed by atoms with van der Waals surface area (Å²) in [5.41, 5.74) is 2.92. The second-order valence-electron chi connectivity index (χ2n) is 10.3. The van der Waals surface area contributed by atoms with Crippen LogP contribution in [0.3, 0.4) is 0 Å². The zero-order chi connectivity index (χ0) is 27.5. The standard InChI is InChI=1S/C31H41N3O5/c1-2-38-28(36)15-7-4-10-20-32-30(37)29(24-11-8-9-12-24)25-18-16-23(17-19-25)21-34-27(35)22-39-31(33-34)26-13-5-3-6-14-26/h3,5-6,13-14,16-19,24,29-30,32,37H,2,4,7-12,15,20-22H2,1H3. The third kappa shape index (κ3) is 8.38. The van der Waals surface area contributed by atoms with Crippen molar-refractivity contribution in [3.63, 3.8) is 0 Å². The lowest BCUT2D eigenvalue weighted by Crippen LogP contribution is -2.38. The average molecular weight is 536 g/mol. The van der Waals surface area contributed by atoms with Crippen molar-refractivity contribution < 1.29 is 24.2 Å². The molecule has 0 aromatic heterocycles. The molecule has 0 radical (unpaired) electrons. The van der Waals surface area contributed by atoms with Gasteiger partial charge in [-0.15, -0.1) is 5.10 Å². The first-order valence-electron chi connectivity index (χ1n) is 14.3. The minimum Gasteiger partial charge on any atom is -0.466 e. The van der Waals surface area contributed by atoms with Gasteiger partial charge in [0.2, 0.25) is 5.90 Å². The molecule has 1 saturated carbocycles. The molecule has 1 heterocycles. The van der Waals surface area contributed by atoms with E-state index in [-0.39, 0.29) is 24.4 Å². The van der Waals surface area contributed by atoms with Gasteiger partial charge >= 0.3 is 5.97 Å². The van der Waals surface area contributed by atoms with Gasteiger partial charge in [-0.3, -0.25) is 14.9 Å². The van der Waals surface area contributed by atoms with Crippen LogP contribution in [0.15, 0.2) is 59.7 Å². The highest BCUT2D eigenvalue weighted by atomic mass is 16.5. The molecule has 2 aromatic carbocycles. The number of hydrazone groups is 1. The molecule has 1 amide bonds. The first-order chi connectivity index (χ1) is 19.0. The maximum Gasteiger partial charge on any atom is 0.305 e. The van der Waals surface area contributed by atoms with Gasteiger partial charge in [0, 0.05) is 17.9 Å². The lowest BCUT2D eigenvalue weighted by molar-refractivity contribution is -0.143. The number of nitrogens with one attached hydrogen (secondary N) is 1. The largest absolute Gasteiger partial charge is 0.466 e. The highest BCUT2D eigenvalue weighted by Gasteiger charge is 2.32. The number of ether oxygens (including phenoxy) is 2. The maximum atomic E-state index is 12.5. The average Bonchev–Trinajstić information content (AvgIpc) is 3.48. The molecule has 1 fully saturated rings. The summed E-state index contributed by atoms with van der Waals surface area (Å²) >= 11 is 0. The maximum absolute atomic E-state index is 12.5. The Morgan fingerprint density at radius 2 is 1.85 bits per heavy atom. The Balaban J connectivity index is 1.34. The third-order valence-electron chi connectivity index (χ3n) is 7.51. The van der Waals surface area contributed by atoms with Gasteiger partial charge < -0.3 is 14.6 Å². The molecule has 2 aromatic rings. The van der Waals surface area contributed by atoms with E-state index in [2.05, 4.69) is 22.6 Å². The van der Waals surface area contributed by atoms with Crippen molar-refractivity contribution in [1.82, 2.24) is 10.3 Å². The Hall–Kier alpha value is -3.23. The Bertz CT molecular complexity index is 1080. The summed E-state index contributed by atoms with van der Waals surface area (Å²) in [6.45, 7) is 3.27. The smallest absolute Gasteiger partial charge is 0.305 e. The molecule has 8 nitrogen and oxygen atoms in total. The lowest BCUT2D eigenvalue weighted by atomic mass is 9.83. The predicted octanol–water partition coefficient (Wildman–Crippen LogP) is 4.71. The fourth-order valence-electron chi connectivity index (χ4n) is 5.47. The summed E-state index contributed by atoms with van der Waals surface area (Å²) in [6.07, 6.45) is 7.04. The van der Waals surface area contributed by atoms with E-state index in [0.717, 1.165) is 48.8 Å². The Labute approximate surface area is 231 Å². The molecular formula is C31H41N3O5. The van der Waals surface area contributed by atoms with Crippen LogP contribution in [0.2, 0.25) is 0 Å². The van der Waals surface area contributed by atoms with Crippen molar-refractivity contribution in [3.05, 3.63) is 71.3 Å².